The first-order chi connectivity index (χ1) is 11.6. The maximum atomic E-state index is 11.9. The minimum atomic E-state index is -0.593. The van der Waals surface area contributed by atoms with Crippen LogP contribution >= 0.6 is 0 Å². The smallest absolute Gasteiger partial charge is 0.341 e. The minimum absolute atomic E-state index is 0.148. The van der Waals surface area contributed by atoms with Crippen molar-refractivity contribution in [1.82, 2.24) is 4.98 Å². The minimum Gasteiger partial charge on any atom is -0.503 e. The molecule has 0 aliphatic heterocycles. The molecule has 1 aromatic carbocycles. The fourth-order valence-corrected chi connectivity index (χ4v) is 1.88. The van der Waals surface area contributed by atoms with Crippen LogP contribution in [-0.4, -0.2) is 30.1 Å². The summed E-state index contributed by atoms with van der Waals surface area (Å²) in [5.41, 5.74) is 0.453. The molecule has 0 spiro atoms. The molecule has 0 fully saturated rings. The van der Waals surface area contributed by atoms with Crippen molar-refractivity contribution >= 4 is 17.2 Å². The molecule has 0 aliphatic rings. The van der Waals surface area contributed by atoms with E-state index in [1.54, 1.807) is 24.3 Å². The van der Waals surface area contributed by atoms with Gasteiger partial charge in [0.1, 0.15) is 17.5 Å². The van der Waals surface area contributed by atoms with E-state index in [-0.39, 0.29) is 17.1 Å². The Hall–Kier alpha value is -3.42. The Labute approximate surface area is 137 Å². The van der Waals surface area contributed by atoms with Gasteiger partial charge in [0.15, 0.2) is 0 Å². The number of pyridine rings is 1. The first-order valence-electron chi connectivity index (χ1n) is 6.75. The van der Waals surface area contributed by atoms with Crippen LogP contribution in [0.15, 0.2) is 48.9 Å². The van der Waals surface area contributed by atoms with E-state index in [0.717, 1.165) is 6.20 Å². The molecule has 0 radical (unpaired) electrons. The van der Waals surface area contributed by atoms with Crippen molar-refractivity contribution in [1.29, 1.82) is 0 Å². The SMILES string of the molecule is COC=C(C(=O)OC)c1ccccc1Oc1ccc([N+](=O)[O-])cn1. The molecular weight excluding hydrogens is 316 g/mol. The Kier molecular flexibility index (Phi) is 5.45. The van der Waals surface area contributed by atoms with Gasteiger partial charge in [-0.25, -0.2) is 9.78 Å². The quantitative estimate of drug-likeness (QED) is 0.264. The molecule has 0 atom stereocenters. The number of nitrogens with zero attached hydrogens (tertiary/aromatic N) is 2. The van der Waals surface area contributed by atoms with Gasteiger partial charge < -0.3 is 14.2 Å². The van der Waals surface area contributed by atoms with Gasteiger partial charge >= 0.3 is 5.97 Å². The van der Waals surface area contributed by atoms with E-state index in [4.69, 9.17) is 14.2 Å². The Morgan fingerprint density at radius 2 is 1.96 bits per heavy atom. The number of rotatable bonds is 6. The number of carbonyl (C=O) groups excluding carboxylic acids is 1. The molecule has 1 aromatic heterocycles. The summed E-state index contributed by atoms with van der Waals surface area (Å²) in [7, 11) is 2.66. The van der Waals surface area contributed by atoms with Crippen LogP contribution in [0.1, 0.15) is 5.56 Å². The van der Waals surface area contributed by atoms with E-state index in [1.807, 2.05) is 0 Å². The van der Waals surface area contributed by atoms with Crippen molar-refractivity contribution in [2.24, 2.45) is 0 Å². The number of aromatic nitrogens is 1. The van der Waals surface area contributed by atoms with Gasteiger partial charge in [-0.2, -0.15) is 0 Å². The Balaban J connectivity index is 2.36. The highest BCUT2D eigenvalue weighted by Crippen LogP contribution is 2.30. The zero-order chi connectivity index (χ0) is 17.5. The predicted molar refractivity (Wildman–Crippen MR) is 84.4 cm³/mol. The first kappa shape index (κ1) is 16.9. The van der Waals surface area contributed by atoms with Crippen LogP contribution < -0.4 is 4.74 Å². The summed E-state index contributed by atoms with van der Waals surface area (Å²) in [5, 5.41) is 10.6. The van der Waals surface area contributed by atoms with Gasteiger partial charge in [0.05, 0.1) is 25.4 Å². The van der Waals surface area contributed by atoms with Gasteiger partial charge in [-0.1, -0.05) is 18.2 Å². The summed E-state index contributed by atoms with van der Waals surface area (Å²) in [6.07, 6.45) is 2.33. The molecule has 8 nitrogen and oxygen atoms in total. The van der Waals surface area contributed by atoms with Gasteiger partial charge in [0, 0.05) is 17.7 Å². The number of hydrogen-bond donors (Lipinski definition) is 0. The lowest BCUT2D eigenvalue weighted by atomic mass is 10.1. The molecule has 0 N–H and O–H groups in total. The highest BCUT2D eigenvalue weighted by atomic mass is 16.6. The maximum absolute atomic E-state index is 11.9. The van der Waals surface area contributed by atoms with Gasteiger partial charge in [-0.15, -0.1) is 0 Å². The third kappa shape index (κ3) is 3.86. The average molecular weight is 330 g/mol. The molecule has 2 rings (SSSR count). The average Bonchev–Trinajstić information content (AvgIpc) is 2.60. The molecule has 8 heteroatoms. The Morgan fingerprint density at radius 3 is 2.54 bits per heavy atom. The van der Waals surface area contributed by atoms with Crippen LogP contribution in [-0.2, 0) is 14.3 Å². The second-order valence-electron chi connectivity index (χ2n) is 4.47. The van der Waals surface area contributed by atoms with Gasteiger partial charge in [-0.3, -0.25) is 10.1 Å². The summed E-state index contributed by atoms with van der Waals surface area (Å²) in [6.45, 7) is 0. The fourth-order valence-electron chi connectivity index (χ4n) is 1.88. The number of hydrogen-bond acceptors (Lipinski definition) is 7. The fraction of sp³-hybridized carbons (Fsp3) is 0.125. The number of benzene rings is 1. The second kappa shape index (κ2) is 7.73. The van der Waals surface area contributed by atoms with Crippen molar-refractivity contribution in [3.63, 3.8) is 0 Å². The lowest BCUT2D eigenvalue weighted by molar-refractivity contribution is -0.385. The predicted octanol–water partition coefficient (Wildman–Crippen LogP) is 2.94. The number of esters is 1. The molecule has 1 heterocycles. The van der Waals surface area contributed by atoms with E-state index in [2.05, 4.69) is 4.98 Å². The number of ether oxygens (including phenoxy) is 3. The topological polar surface area (TPSA) is 101 Å². The summed E-state index contributed by atoms with van der Waals surface area (Å²) >= 11 is 0. The normalized spacial score (nSPS) is 10.8. The van der Waals surface area contributed by atoms with E-state index in [9.17, 15) is 14.9 Å². The van der Waals surface area contributed by atoms with E-state index < -0.39 is 10.9 Å². The number of nitro groups is 1. The van der Waals surface area contributed by atoms with Crippen LogP contribution in [0.5, 0.6) is 11.6 Å². The summed E-state index contributed by atoms with van der Waals surface area (Å²) < 4.78 is 15.3. The number of methoxy groups -OCH3 is 2. The molecule has 0 saturated carbocycles. The van der Waals surface area contributed by atoms with Crippen LogP contribution in [0.3, 0.4) is 0 Å². The summed E-state index contributed by atoms with van der Waals surface area (Å²) in [5.74, 6) is -0.119. The molecule has 2 aromatic rings. The molecule has 24 heavy (non-hydrogen) atoms. The zero-order valence-corrected chi connectivity index (χ0v) is 13.0. The van der Waals surface area contributed by atoms with Crippen molar-refractivity contribution in [2.45, 2.75) is 0 Å². The second-order valence-corrected chi connectivity index (χ2v) is 4.47. The summed E-state index contributed by atoms with van der Waals surface area (Å²) in [4.78, 5) is 25.9. The molecule has 0 aliphatic carbocycles. The molecule has 0 bridgehead atoms. The van der Waals surface area contributed by atoms with Crippen LogP contribution in [0.25, 0.3) is 5.57 Å². The lowest BCUT2D eigenvalue weighted by Crippen LogP contribution is -2.06. The van der Waals surface area contributed by atoms with E-state index >= 15 is 0 Å². The van der Waals surface area contributed by atoms with Crippen molar-refractivity contribution < 1.29 is 23.9 Å². The van der Waals surface area contributed by atoms with Gasteiger partial charge in [0.25, 0.3) is 5.69 Å². The lowest BCUT2D eigenvalue weighted by Gasteiger charge is -2.11. The standard InChI is InChI=1S/C16H14N2O6/c1-22-10-13(16(19)23-2)12-5-3-4-6-14(12)24-15-8-7-11(9-17-15)18(20)21/h3-10H,1-2H3. The number of carbonyl (C=O) groups is 1. The molecule has 124 valence electrons. The molecular formula is C16H14N2O6. The summed E-state index contributed by atoms with van der Waals surface area (Å²) in [6, 6.07) is 9.36. The van der Waals surface area contributed by atoms with Gasteiger partial charge in [-0.05, 0) is 6.07 Å². The third-order valence-corrected chi connectivity index (χ3v) is 2.96. The monoisotopic (exact) mass is 330 g/mol. The first-order valence-corrected chi connectivity index (χ1v) is 6.75. The van der Waals surface area contributed by atoms with Crippen LogP contribution in [0.2, 0.25) is 0 Å². The highest BCUT2D eigenvalue weighted by Gasteiger charge is 2.18. The van der Waals surface area contributed by atoms with Crippen LogP contribution in [0.4, 0.5) is 5.69 Å². The zero-order valence-electron chi connectivity index (χ0n) is 13.0. The van der Waals surface area contributed by atoms with E-state index in [1.165, 1.54) is 32.6 Å². The van der Waals surface area contributed by atoms with Gasteiger partial charge in [0.2, 0.25) is 5.88 Å². The highest BCUT2D eigenvalue weighted by molar-refractivity contribution is 6.17. The Morgan fingerprint density at radius 1 is 1.21 bits per heavy atom. The molecule has 0 saturated heterocycles. The number of para-hydroxylation sites is 1. The molecule has 0 unspecified atom stereocenters. The van der Waals surface area contributed by atoms with Crippen molar-refractivity contribution in [2.75, 3.05) is 14.2 Å². The van der Waals surface area contributed by atoms with Crippen molar-refractivity contribution in [3.05, 3.63) is 64.5 Å². The Bertz CT molecular complexity index is 770. The van der Waals surface area contributed by atoms with Crippen molar-refractivity contribution in [3.8, 4) is 11.6 Å². The maximum Gasteiger partial charge on any atom is 0.341 e. The third-order valence-electron chi connectivity index (χ3n) is 2.96. The molecule has 0 amide bonds. The van der Waals surface area contributed by atoms with Crippen LogP contribution in [0, 0.1) is 10.1 Å². The largest absolute Gasteiger partial charge is 0.503 e. The van der Waals surface area contributed by atoms with E-state index in [0.29, 0.717) is 11.3 Å².